The average molecular weight is 395 g/mol. The van der Waals surface area contributed by atoms with Crippen molar-refractivity contribution in [2.24, 2.45) is 0 Å². The van der Waals surface area contributed by atoms with Crippen LogP contribution in [0.1, 0.15) is 23.6 Å². The number of hydrogen-bond acceptors (Lipinski definition) is 3. The average Bonchev–Trinajstić information content (AvgIpc) is 3.18. The van der Waals surface area contributed by atoms with Crippen molar-refractivity contribution in [1.29, 1.82) is 0 Å². The van der Waals surface area contributed by atoms with Gasteiger partial charge in [-0.3, -0.25) is 9.59 Å². The van der Waals surface area contributed by atoms with Gasteiger partial charge in [0.2, 0.25) is 5.91 Å². The van der Waals surface area contributed by atoms with Crippen LogP contribution in [0.4, 0.5) is 11.5 Å². The largest absolute Gasteiger partial charge is 0.326 e. The number of nitrogens with zero attached hydrogens (tertiary/aromatic N) is 2. The van der Waals surface area contributed by atoms with Gasteiger partial charge in [-0.1, -0.05) is 29.8 Å². The maximum Gasteiger partial charge on any atom is 0.251 e. The Hall–Kier alpha value is -3.12. The van der Waals surface area contributed by atoms with Crippen molar-refractivity contribution in [3.63, 3.8) is 0 Å². The number of halogens is 1. The van der Waals surface area contributed by atoms with Crippen molar-refractivity contribution in [3.05, 3.63) is 64.8 Å². The molecule has 0 aliphatic carbocycles. The monoisotopic (exact) mass is 394 g/mol. The van der Waals surface area contributed by atoms with Crippen molar-refractivity contribution in [2.45, 2.75) is 26.3 Å². The van der Waals surface area contributed by atoms with Crippen molar-refractivity contribution in [1.82, 2.24) is 9.78 Å². The summed E-state index contributed by atoms with van der Waals surface area (Å²) in [5.41, 5.74) is 4.59. The van der Waals surface area contributed by atoms with E-state index in [1.54, 1.807) is 16.9 Å². The lowest BCUT2D eigenvalue weighted by Crippen LogP contribution is -2.23. The van der Waals surface area contributed by atoms with Gasteiger partial charge in [-0.15, -0.1) is 0 Å². The maximum atomic E-state index is 12.5. The lowest BCUT2D eigenvalue weighted by molar-refractivity contribution is -0.123. The standard InChI is InChI=1S/C21H19ClN4O2/c1-12-6-7-16(8-13(12)2)24-19(27)10-18-21(28)25-20-17(11-23-26(18)20)14-4-3-5-15(22)9-14/h3-9,11,18H,10H2,1-2H3,(H,24,27)(H,25,28). The van der Waals surface area contributed by atoms with Gasteiger partial charge in [0.15, 0.2) is 0 Å². The van der Waals surface area contributed by atoms with Gasteiger partial charge in [-0.05, 0) is 54.8 Å². The molecule has 2 N–H and O–H groups in total. The summed E-state index contributed by atoms with van der Waals surface area (Å²) in [6.07, 6.45) is 1.68. The highest BCUT2D eigenvalue weighted by Crippen LogP contribution is 2.36. The second-order valence-corrected chi connectivity index (χ2v) is 7.35. The normalized spacial score (nSPS) is 15.2. The molecule has 28 heavy (non-hydrogen) atoms. The molecule has 0 spiro atoms. The molecule has 1 atom stereocenters. The Morgan fingerprint density at radius 3 is 2.79 bits per heavy atom. The zero-order valence-corrected chi connectivity index (χ0v) is 16.2. The SMILES string of the molecule is Cc1ccc(NC(=O)CC2C(=O)Nc3c(-c4cccc(Cl)c4)cnn32)cc1C. The summed E-state index contributed by atoms with van der Waals surface area (Å²) < 4.78 is 1.57. The van der Waals surface area contributed by atoms with Crippen LogP contribution in [-0.4, -0.2) is 21.6 Å². The van der Waals surface area contributed by atoms with E-state index in [1.807, 2.05) is 50.2 Å². The van der Waals surface area contributed by atoms with Crippen molar-refractivity contribution in [3.8, 4) is 11.1 Å². The predicted molar refractivity (Wildman–Crippen MR) is 110 cm³/mol. The van der Waals surface area contributed by atoms with Crippen LogP contribution in [0.3, 0.4) is 0 Å². The predicted octanol–water partition coefficient (Wildman–Crippen LogP) is 4.34. The molecule has 4 rings (SSSR count). The van der Waals surface area contributed by atoms with Crippen LogP contribution in [0.2, 0.25) is 5.02 Å². The van der Waals surface area contributed by atoms with E-state index in [0.717, 1.165) is 22.3 Å². The van der Waals surface area contributed by atoms with Gasteiger partial charge in [0.05, 0.1) is 12.6 Å². The number of aryl methyl sites for hydroxylation is 2. The summed E-state index contributed by atoms with van der Waals surface area (Å²) in [5.74, 6) is 0.0916. The lowest BCUT2D eigenvalue weighted by atomic mass is 10.1. The van der Waals surface area contributed by atoms with E-state index < -0.39 is 6.04 Å². The molecule has 1 aromatic heterocycles. The van der Waals surface area contributed by atoms with Crippen LogP contribution >= 0.6 is 11.6 Å². The molecule has 6 nitrogen and oxygen atoms in total. The van der Waals surface area contributed by atoms with E-state index in [0.29, 0.717) is 16.5 Å². The van der Waals surface area contributed by atoms with Crippen LogP contribution in [0.15, 0.2) is 48.7 Å². The fraction of sp³-hybridized carbons (Fsp3) is 0.190. The van der Waals surface area contributed by atoms with E-state index in [1.165, 1.54) is 0 Å². The molecule has 0 fully saturated rings. The molecular weight excluding hydrogens is 376 g/mol. The number of amides is 2. The van der Waals surface area contributed by atoms with Gasteiger partial charge in [0.1, 0.15) is 11.9 Å². The summed E-state index contributed by atoms with van der Waals surface area (Å²) in [6, 6.07) is 12.4. The molecule has 7 heteroatoms. The maximum absolute atomic E-state index is 12.5. The fourth-order valence-corrected chi connectivity index (χ4v) is 3.48. The summed E-state index contributed by atoms with van der Waals surface area (Å²) in [7, 11) is 0. The molecule has 2 aromatic carbocycles. The number of carbonyl (C=O) groups excluding carboxylic acids is 2. The first-order valence-electron chi connectivity index (χ1n) is 8.94. The number of anilines is 2. The topological polar surface area (TPSA) is 76.0 Å². The number of carbonyl (C=O) groups is 2. The molecule has 1 aliphatic rings. The Labute approximate surface area is 167 Å². The van der Waals surface area contributed by atoms with Crippen LogP contribution < -0.4 is 10.6 Å². The first-order chi connectivity index (χ1) is 13.4. The molecule has 2 heterocycles. The third kappa shape index (κ3) is 3.39. The van der Waals surface area contributed by atoms with Crippen LogP contribution in [0.25, 0.3) is 11.1 Å². The molecule has 0 saturated heterocycles. The van der Waals surface area contributed by atoms with Crippen molar-refractivity contribution in [2.75, 3.05) is 10.6 Å². The highest BCUT2D eigenvalue weighted by atomic mass is 35.5. The Kier molecular flexibility index (Phi) is 4.65. The minimum absolute atomic E-state index is 0.00240. The lowest BCUT2D eigenvalue weighted by Gasteiger charge is -2.11. The summed E-state index contributed by atoms with van der Waals surface area (Å²) >= 11 is 6.07. The Morgan fingerprint density at radius 1 is 1.21 bits per heavy atom. The van der Waals surface area contributed by atoms with Gasteiger partial charge >= 0.3 is 0 Å². The third-order valence-corrected chi connectivity index (χ3v) is 5.18. The molecule has 0 radical (unpaired) electrons. The van der Waals surface area contributed by atoms with Crippen molar-refractivity contribution >= 4 is 34.9 Å². The highest BCUT2D eigenvalue weighted by Gasteiger charge is 2.35. The van der Waals surface area contributed by atoms with Crippen molar-refractivity contribution < 1.29 is 9.59 Å². The number of fused-ring (bicyclic) bond motifs is 1. The number of aromatic nitrogens is 2. The van der Waals surface area contributed by atoms with Gasteiger partial charge in [-0.2, -0.15) is 5.10 Å². The van der Waals surface area contributed by atoms with Gasteiger partial charge in [0.25, 0.3) is 5.91 Å². The molecule has 0 bridgehead atoms. The zero-order chi connectivity index (χ0) is 19.8. The number of rotatable bonds is 4. The highest BCUT2D eigenvalue weighted by molar-refractivity contribution is 6.30. The van der Waals surface area contributed by atoms with E-state index in [4.69, 9.17) is 11.6 Å². The second-order valence-electron chi connectivity index (χ2n) is 6.92. The molecular formula is C21H19ClN4O2. The summed E-state index contributed by atoms with van der Waals surface area (Å²) in [6.45, 7) is 4.00. The van der Waals surface area contributed by atoms with E-state index in [2.05, 4.69) is 15.7 Å². The Morgan fingerprint density at radius 2 is 2.04 bits per heavy atom. The number of benzene rings is 2. The third-order valence-electron chi connectivity index (χ3n) is 4.94. The summed E-state index contributed by atoms with van der Waals surface area (Å²) in [5, 5.41) is 10.6. The van der Waals surface area contributed by atoms with Gasteiger partial charge in [0, 0.05) is 16.3 Å². The molecule has 1 aliphatic heterocycles. The molecule has 2 amide bonds. The zero-order valence-electron chi connectivity index (χ0n) is 15.5. The minimum atomic E-state index is -0.686. The number of hydrogen-bond donors (Lipinski definition) is 2. The molecule has 142 valence electrons. The van der Waals surface area contributed by atoms with E-state index >= 15 is 0 Å². The smallest absolute Gasteiger partial charge is 0.251 e. The first kappa shape index (κ1) is 18.3. The fourth-order valence-electron chi connectivity index (χ4n) is 3.29. The molecule has 3 aromatic rings. The minimum Gasteiger partial charge on any atom is -0.326 e. The summed E-state index contributed by atoms with van der Waals surface area (Å²) in [4.78, 5) is 24.9. The van der Waals surface area contributed by atoms with Crippen LogP contribution in [0.5, 0.6) is 0 Å². The van der Waals surface area contributed by atoms with Gasteiger partial charge < -0.3 is 10.6 Å². The quantitative estimate of drug-likeness (QED) is 0.691. The van der Waals surface area contributed by atoms with Crippen LogP contribution in [0, 0.1) is 13.8 Å². The molecule has 0 saturated carbocycles. The van der Waals surface area contributed by atoms with Gasteiger partial charge in [-0.25, -0.2) is 4.68 Å². The molecule has 1 unspecified atom stereocenters. The van der Waals surface area contributed by atoms with Crippen LogP contribution in [-0.2, 0) is 9.59 Å². The second kappa shape index (κ2) is 7.13. The Bertz CT molecular complexity index is 1090. The Balaban J connectivity index is 1.53. The van der Waals surface area contributed by atoms with E-state index in [9.17, 15) is 9.59 Å². The van der Waals surface area contributed by atoms with E-state index in [-0.39, 0.29) is 18.2 Å². The first-order valence-corrected chi connectivity index (χ1v) is 9.31. The number of nitrogens with one attached hydrogen (secondary N) is 2.